The Morgan fingerprint density at radius 2 is 1.79 bits per heavy atom. The molecule has 0 aromatic heterocycles. The second-order valence-electron chi connectivity index (χ2n) is 5.18. The van der Waals surface area contributed by atoms with Gasteiger partial charge in [0.1, 0.15) is 0 Å². The Hall–Kier alpha value is 0.230. The Bertz CT molecular complexity index is 216. The Kier molecular flexibility index (Phi) is 11.1. The van der Waals surface area contributed by atoms with Crippen LogP contribution in [0.5, 0.6) is 0 Å². The summed E-state index contributed by atoms with van der Waals surface area (Å²) in [7, 11) is 0. The first kappa shape index (κ1) is 19.2. The van der Waals surface area contributed by atoms with Crippen molar-refractivity contribution in [2.45, 2.75) is 72.6 Å². The highest BCUT2D eigenvalue weighted by atomic mass is 32.1. The minimum Gasteiger partial charge on any atom is -0.337 e. The fraction of sp³-hybridized carbons (Fsp3) is 1.00. The van der Waals surface area contributed by atoms with Crippen molar-refractivity contribution in [1.29, 1.82) is 0 Å². The zero-order valence-corrected chi connectivity index (χ0v) is 14.3. The minimum absolute atomic E-state index is 0.628. The molecule has 0 saturated carbocycles. The molecule has 0 radical (unpaired) electrons. The number of nitrogens with zero attached hydrogens (tertiary/aromatic N) is 1. The predicted molar refractivity (Wildman–Crippen MR) is 85.3 cm³/mol. The maximum absolute atomic E-state index is 5.86. The van der Waals surface area contributed by atoms with E-state index in [1.165, 1.54) is 25.7 Å². The minimum atomic E-state index is -0.715. The first-order valence-corrected chi connectivity index (χ1v) is 8.18. The highest BCUT2D eigenvalue weighted by Crippen LogP contribution is 2.25. The Labute approximate surface area is 125 Å². The van der Waals surface area contributed by atoms with Crippen LogP contribution in [-0.2, 0) is 9.47 Å². The molecular weight excluding hydrogens is 258 g/mol. The van der Waals surface area contributed by atoms with Gasteiger partial charge in [-0.1, -0.05) is 52.8 Å². The van der Waals surface area contributed by atoms with Gasteiger partial charge in [0.05, 0.1) is 6.61 Å². The van der Waals surface area contributed by atoms with E-state index >= 15 is 0 Å². The van der Waals surface area contributed by atoms with Gasteiger partial charge < -0.3 is 9.47 Å². The summed E-state index contributed by atoms with van der Waals surface area (Å²) < 4.78 is 13.6. The van der Waals surface area contributed by atoms with Gasteiger partial charge >= 0.3 is 0 Å². The predicted octanol–water partition coefficient (Wildman–Crippen LogP) is 4.49. The SMILES string of the molecule is CCCCC(CC)CN(S)C(C)(OCC)OCCC. The zero-order chi connectivity index (χ0) is 14.7. The zero-order valence-electron chi connectivity index (χ0n) is 13.4. The molecule has 19 heavy (non-hydrogen) atoms. The first-order chi connectivity index (χ1) is 9.03. The fourth-order valence-corrected chi connectivity index (χ4v) is 2.42. The third kappa shape index (κ3) is 7.54. The number of rotatable bonds is 12. The molecule has 0 amide bonds. The van der Waals surface area contributed by atoms with Crippen LogP contribution in [0.15, 0.2) is 0 Å². The van der Waals surface area contributed by atoms with Gasteiger partial charge in [-0.3, -0.25) is 0 Å². The lowest BCUT2D eigenvalue weighted by atomic mass is 9.99. The van der Waals surface area contributed by atoms with Crippen LogP contribution in [0.2, 0.25) is 0 Å². The van der Waals surface area contributed by atoms with Crippen LogP contribution in [0.4, 0.5) is 0 Å². The monoisotopic (exact) mass is 291 g/mol. The number of hydrogen-bond donors (Lipinski definition) is 1. The van der Waals surface area contributed by atoms with Gasteiger partial charge in [0.25, 0.3) is 0 Å². The van der Waals surface area contributed by atoms with E-state index in [2.05, 4.69) is 33.6 Å². The molecule has 0 fully saturated rings. The second-order valence-corrected chi connectivity index (χ2v) is 5.66. The molecule has 3 nitrogen and oxygen atoms in total. The highest BCUT2D eigenvalue weighted by molar-refractivity contribution is 7.77. The smallest absolute Gasteiger partial charge is 0.236 e. The molecule has 0 rings (SSSR count). The number of thiol groups is 1. The molecule has 2 unspecified atom stereocenters. The van der Waals surface area contributed by atoms with E-state index in [0.29, 0.717) is 19.1 Å². The van der Waals surface area contributed by atoms with Crippen LogP contribution in [0.3, 0.4) is 0 Å². The van der Waals surface area contributed by atoms with Crippen LogP contribution in [0.25, 0.3) is 0 Å². The van der Waals surface area contributed by atoms with Crippen molar-refractivity contribution in [3.05, 3.63) is 0 Å². The Morgan fingerprint density at radius 3 is 2.26 bits per heavy atom. The summed E-state index contributed by atoms with van der Waals surface area (Å²) in [5, 5.41) is 0. The van der Waals surface area contributed by atoms with Crippen molar-refractivity contribution in [2.75, 3.05) is 19.8 Å². The fourth-order valence-electron chi connectivity index (χ4n) is 2.08. The summed E-state index contributed by atoms with van der Waals surface area (Å²) in [4.78, 5) is 0. The third-order valence-corrected chi connectivity index (χ3v) is 3.96. The van der Waals surface area contributed by atoms with Crippen LogP contribution < -0.4 is 0 Å². The molecule has 0 N–H and O–H groups in total. The number of hydrogen-bond acceptors (Lipinski definition) is 4. The van der Waals surface area contributed by atoms with E-state index in [1.54, 1.807) is 0 Å². The molecule has 0 aromatic rings. The molecule has 0 heterocycles. The van der Waals surface area contributed by atoms with Crippen LogP contribution in [0, 0.1) is 5.92 Å². The summed E-state index contributed by atoms with van der Waals surface area (Å²) in [5.41, 5.74) is 0. The van der Waals surface area contributed by atoms with E-state index in [4.69, 9.17) is 9.47 Å². The van der Waals surface area contributed by atoms with E-state index in [1.807, 2.05) is 18.2 Å². The maximum atomic E-state index is 5.86. The Morgan fingerprint density at radius 1 is 1.11 bits per heavy atom. The summed E-state index contributed by atoms with van der Waals surface area (Å²) >= 11 is 4.62. The lowest BCUT2D eigenvalue weighted by Crippen LogP contribution is -2.47. The van der Waals surface area contributed by atoms with Crippen LogP contribution in [-0.4, -0.2) is 30.0 Å². The van der Waals surface area contributed by atoms with Crippen molar-refractivity contribution >= 4 is 12.8 Å². The van der Waals surface area contributed by atoms with Gasteiger partial charge in [0, 0.05) is 20.1 Å². The molecule has 0 aromatic carbocycles. The molecule has 0 aliphatic rings. The molecule has 2 atom stereocenters. The lowest BCUT2D eigenvalue weighted by molar-refractivity contribution is -0.279. The van der Waals surface area contributed by atoms with Gasteiger partial charge in [-0.15, -0.1) is 0 Å². The largest absolute Gasteiger partial charge is 0.337 e. The molecule has 0 aliphatic heterocycles. The van der Waals surface area contributed by atoms with Gasteiger partial charge in [-0.05, 0) is 25.7 Å². The van der Waals surface area contributed by atoms with E-state index in [0.717, 1.165) is 13.0 Å². The van der Waals surface area contributed by atoms with Gasteiger partial charge in [0.15, 0.2) is 0 Å². The number of unbranched alkanes of at least 4 members (excludes halogenated alkanes) is 1. The second kappa shape index (κ2) is 11.0. The van der Waals surface area contributed by atoms with E-state index < -0.39 is 5.91 Å². The average molecular weight is 292 g/mol. The topological polar surface area (TPSA) is 21.7 Å². The average Bonchev–Trinajstić information content (AvgIpc) is 2.41. The van der Waals surface area contributed by atoms with Crippen LogP contribution >= 0.6 is 12.8 Å². The van der Waals surface area contributed by atoms with Crippen molar-refractivity contribution in [1.82, 2.24) is 4.31 Å². The maximum Gasteiger partial charge on any atom is 0.236 e. The summed E-state index contributed by atoms with van der Waals surface area (Å²) in [6, 6.07) is 0. The van der Waals surface area contributed by atoms with Gasteiger partial charge in [-0.25, -0.2) is 0 Å². The number of ether oxygens (including phenoxy) is 2. The van der Waals surface area contributed by atoms with Crippen molar-refractivity contribution in [3.63, 3.8) is 0 Å². The summed E-state index contributed by atoms with van der Waals surface area (Å²) in [6.07, 6.45) is 5.93. The van der Waals surface area contributed by atoms with Gasteiger partial charge in [0.2, 0.25) is 5.91 Å². The van der Waals surface area contributed by atoms with Crippen molar-refractivity contribution in [2.24, 2.45) is 5.92 Å². The van der Waals surface area contributed by atoms with E-state index in [-0.39, 0.29) is 0 Å². The summed E-state index contributed by atoms with van der Waals surface area (Å²) in [5.74, 6) is -0.0597. The summed E-state index contributed by atoms with van der Waals surface area (Å²) in [6.45, 7) is 12.8. The third-order valence-electron chi connectivity index (χ3n) is 3.43. The van der Waals surface area contributed by atoms with Crippen LogP contribution in [0.1, 0.15) is 66.7 Å². The molecule has 0 saturated heterocycles. The molecule has 116 valence electrons. The quantitative estimate of drug-likeness (QED) is 0.423. The highest BCUT2D eigenvalue weighted by Gasteiger charge is 2.32. The lowest BCUT2D eigenvalue weighted by Gasteiger charge is -2.38. The molecule has 0 bridgehead atoms. The van der Waals surface area contributed by atoms with Gasteiger partial charge in [-0.2, -0.15) is 4.31 Å². The Balaban J connectivity index is 4.46. The first-order valence-electron chi connectivity index (χ1n) is 7.78. The molecule has 4 heteroatoms. The standard InChI is InChI=1S/C15H33NO2S/c1-6-10-11-14(8-3)13-16(19)15(5,17-9-4)18-12-7-2/h14,19H,6-13H2,1-5H3. The molecular formula is C15H33NO2S. The van der Waals surface area contributed by atoms with Crippen molar-refractivity contribution < 1.29 is 9.47 Å². The van der Waals surface area contributed by atoms with E-state index in [9.17, 15) is 0 Å². The molecule has 0 spiro atoms. The normalized spacial score (nSPS) is 16.6. The molecule has 0 aliphatic carbocycles. The van der Waals surface area contributed by atoms with Crippen molar-refractivity contribution in [3.8, 4) is 0 Å².